The minimum absolute atomic E-state index is 0.0205. The molecule has 0 radical (unpaired) electrons. The number of ether oxygens (including phenoxy) is 1. The van der Waals surface area contributed by atoms with Crippen LogP contribution in [0.5, 0.6) is 5.75 Å². The standard InChI is InChI=1S/C25H33ClN2O3S/c1-5-17(3)14-27(24(29)6-2)15-25(30)28-11-9-23-20(10-12-32-23)22(28)16-31-19-7-8-21(26)18(4)13-19/h7-8,10,12-13,17,22H,5-6,9,11,14-16H2,1-4H3/t17-,22+/m1/s1. The number of rotatable bonds is 9. The SMILES string of the molecule is CCC(=O)N(CC(=O)N1CCc2sccc2[C@@H]1COc1ccc(Cl)c(C)c1)C[C@H](C)CC. The average molecular weight is 477 g/mol. The van der Waals surface area contributed by atoms with E-state index in [-0.39, 0.29) is 24.4 Å². The number of nitrogens with zero attached hydrogens (tertiary/aromatic N) is 2. The van der Waals surface area contributed by atoms with Crippen molar-refractivity contribution in [3.8, 4) is 5.75 Å². The molecule has 5 nitrogen and oxygen atoms in total. The van der Waals surface area contributed by atoms with Crippen LogP contribution in [0.4, 0.5) is 0 Å². The van der Waals surface area contributed by atoms with Gasteiger partial charge < -0.3 is 14.5 Å². The number of aryl methyl sites for hydroxylation is 1. The molecule has 0 N–H and O–H groups in total. The van der Waals surface area contributed by atoms with Gasteiger partial charge in [0.25, 0.3) is 0 Å². The second-order valence-corrected chi connectivity index (χ2v) is 9.92. The number of hydrogen-bond acceptors (Lipinski definition) is 4. The Labute approximate surface area is 200 Å². The number of benzene rings is 1. The van der Waals surface area contributed by atoms with Gasteiger partial charge in [0.1, 0.15) is 12.4 Å². The summed E-state index contributed by atoms with van der Waals surface area (Å²) in [6.07, 6.45) is 2.21. The minimum Gasteiger partial charge on any atom is -0.491 e. The summed E-state index contributed by atoms with van der Waals surface area (Å²) in [5.74, 6) is 1.10. The fourth-order valence-corrected chi connectivity index (χ4v) is 5.04. The van der Waals surface area contributed by atoms with E-state index in [4.69, 9.17) is 16.3 Å². The molecule has 0 saturated heterocycles. The Morgan fingerprint density at radius 3 is 2.78 bits per heavy atom. The van der Waals surface area contributed by atoms with Crippen LogP contribution in [0, 0.1) is 12.8 Å². The van der Waals surface area contributed by atoms with E-state index in [0.29, 0.717) is 37.1 Å². The number of carbonyl (C=O) groups excluding carboxylic acids is 2. The van der Waals surface area contributed by atoms with Crippen LogP contribution in [-0.2, 0) is 16.0 Å². The Morgan fingerprint density at radius 2 is 2.09 bits per heavy atom. The highest BCUT2D eigenvalue weighted by atomic mass is 35.5. The first-order valence-corrected chi connectivity index (χ1v) is 12.6. The second-order valence-electron chi connectivity index (χ2n) is 8.52. The van der Waals surface area contributed by atoms with Gasteiger partial charge in [0.2, 0.25) is 11.8 Å². The zero-order valence-electron chi connectivity index (χ0n) is 19.4. The van der Waals surface area contributed by atoms with E-state index in [1.807, 2.05) is 36.9 Å². The van der Waals surface area contributed by atoms with Crippen LogP contribution >= 0.6 is 22.9 Å². The Hall–Kier alpha value is -2.05. The quantitative estimate of drug-likeness (QED) is 0.480. The van der Waals surface area contributed by atoms with Gasteiger partial charge in [0.05, 0.1) is 12.6 Å². The summed E-state index contributed by atoms with van der Waals surface area (Å²) in [7, 11) is 0. The maximum absolute atomic E-state index is 13.4. The number of hydrogen-bond donors (Lipinski definition) is 0. The number of thiophene rings is 1. The molecule has 0 saturated carbocycles. The van der Waals surface area contributed by atoms with Gasteiger partial charge in [-0.05, 0) is 60.0 Å². The zero-order valence-corrected chi connectivity index (χ0v) is 21.0. The van der Waals surface area contributed by atoms with Crippen LogP contribution in [-0.4, -0.2) is 47.9 Å². The Balaban J connectivity index is 1.77. The van der Waals surface area contributed by atoms with E-state index in [2.05, 4.69) is 25.3 Å². The lowest BCUT2D eigenvalue weighted by Crippen LogP contribution is -2.48. The highest BCUT2D eigenvalue weighted by molar-refractivity contribution is 7.10. The highest BCUT2D eigenvalue weighted by Gasteiger charge is 2.33. The van der Waals surface area contributed by atoms with Crippen molar-refractivity contribution >= 4 is 34.8 Å². The third-order valence-electron chi connectivity index (χ3n) is 6.16. The summed E-state index contributed by atoms with van der Waals surface area (Å²) < 4.78 is 6.12. The fraction of sp³-hybridized carbons (Fsp3) is 0.520. The minimum atomic E-state index is -0.171. The van der Waals surface area contributed by atoms with Crippen molar-refractivity contribution in [3.63, 3.8) is 0 Å². The number of carbonyl (C=O) groups is 2. The van der Waals surface area contributed by atoms with Gasteiger partial charge in [-0.1, -0.05) is 38.8 Å². The van der Waals surface area contributed by atoms with E-state index in [1.54, 1.807) is 16.2 Å². The molecule has 2 aromatic rings. The molecule has 1 aliphatic heterocycles. The molecule has 0 unspecified atom stereocenters. The maximum atomic E-state index is 13.4. The first-order valence-electron chi connectivity index (χ1n) is 11.4. The predicted molar refractivity (Wildman–Crippen MR) is 130 cm³/mol. The molecule has 2 atom stereocenters. The largest absolute Gasteiger partial charge is 0.491 e. The third-order valence-corrected chi connectivity index (χ3v) is 7.58. The van der Waals surface area contributed by atoms with E-state index < -0.39 is 0 Å². The summed E-state index contributed by atoms with van der Waals surface area (Å²) in [5, 5.41) is 2.78. The summed E-state index contributed by atoms with van der Waals surface area (Å²) in [6.45, 7) is 9.74. The smallest absolute Gasteiger partial charge is 0.242 e. The van der Waals surface area contributed by atoms with Crippen LogP contribution in [0.1, 0.15) is 55.7 Å². The number of halogens is 1. The Bertz CT molecular complexity index is 945. The van der Waals surface area contributed by atoms with Crippen molar-refractivity contribution in [3.05, 3.63) is 50.7 Å². The van der Waals surface area contributed by atoms with Crippen LogP contribution in [0.25, 0.3) is 0 Å². The summed E-state index contributed by atoms with van der Waals surface area (Å²) in [6, 6.07) is 7.52. The van der Waals surface area contributed by atoms with Crippen LogP contribution in [0.15, 0.2) is 29.6 Å². The lowest BCUT2D eigenvalue weighted by atomic mass is 10.00. The van der Waals surface area contributed by atoms with Gasteiger partial charge in [0.15, 0.2) is 0 Å². The van der Waals surface area contributed by atoms with Crippen molar-refractivity contribution in [2.24, 2.45) is 5.92 Å². The highest BCUT2D eigenvalue weighted by Crippen LogP contribution is 2.34. The van der Waals surface area contributed by atoms with Gasteiger partial charge in [0, 0.05) is 29.4 Å². The molecule has 32 heavy (non-hydrogen) atoms. The molecule has 7 heteroatoms. The molecule has 2 amide bonds. The molecule has 0 bridgehead atoms. The molecular weight excluding hydrogens is 444 g/mol. The van der Waals surface area contributed by atoms with Crippen LogP contribution < -0.4 is 4.74 Å². The van der Waals surface area contributed by atoms with Crippen molar-refractivity contribution < 1.29 is 14.3 Å². The predicted octanol–water partition coefficient (Wildman–Crippen LogP) is 5.50. The normalized spacial score (nSPS) is 16.4. The monoisotopic (exact) mass is 476 g/mol. The van der Waals surface area contributed by atoms with Crippen LogP contribution in [0.2, 0.25) is 5.02 Å². The molecule has 0 aliphatic carbocycles. The van der Waals surface area contributed by atoms with Crippen molar-refractivity contribution in [1.82, 2.24) is 9.80 Å². The lowest BCUT2D eigenvalue weighted by molar-refractivity contribution is -0.143. The summed E-state index contributed by atoms with van der Waals surface area (Å²) >= 11 is 7.87. The van der Waals surface area contributed by atoms with E-state index in [9.17, 15) is 9.59 Å². The zero-order chi connectivity index (χ0) is 23.3. The number of fused-ring (bicyclic) bond motifs is 1. The molecule has 1 aromatic heterocycles. The van der Waals surface area contributed by atoms with Gasteiger partial charge in [-0.25, -0.2) is 0 Å². The maximum Gasteiger partial charge on any atom is 0.242 e. The molecule has 174 valence electrons. The van der Waals surface area contributed by atoms with Gasteiger partial charge in [-0.15, -0.1) is 11.3 Å². The fourth-order valence-electron chi connectivity index (χ4n) is 3.99. The molecule has 3 rings (SSSR count). The van der Waals surface area contributed by atoms with Crippen molar-refractivity contribution in [2.75, 3.05) is 26.2 Å². The molecule has 2 heterocycles. The van der Waals surface area contributed by atoms with Crippen molar-refractivity contribution in [2.45, 2.75) is 53.0 Å². The summed E-state index contributed by atoms with van der Waals surface area (Å²) in [5.41, 5.74) is 2.10. The van der Waals surface area contributed by atoms with Crippen LogP contribution in [0.3, 0.4) is 0 Å². The first kappa shape index (κ1) is 24.6. The van der Waals surface area contributed by atoms with Gasteiger partial charge >= 0.3 is 0 Å². The molecular formula is C25H33ClN2O3S. The average Bonchev–Trinajstić information content (AvgIpc) is 3.27. The second kappa shape index (κ2) is 11.2. The lowest BCUT2D eigenvalue weighted by Gasteiger charge is -2.37. The van der Waals surface area contributed by atoms with Gasteiger partial charge in [-0.3, -0.25) is 9.59 Å². The van der Waals surface area contributed by atoms with E-state index in [0.717, 1.165) is 29.7 Å². The Morgan fingerprint density at radius 1 is 1.31 bits per heavy atom. The third kappa shape index (κ3) is 5.84. The first-order chi connectivity index (χ1) is 15.3. The van der Waals surface area contributed by atoms with Gasteiger partial charge in [-0.2, -0.15) is 0 Å². The topological polar surface area (TPSA) is 49.9 Å². The molecule has 1 aliphatic rings. The summed E-state index contributed by atoms with van der Waals surface area (Å²) in [4.78, 5) is 30.8. The Kier molecular flexibility index (Phi) is 8.60. The number of amides is 2. The van der Waals surface area contributed by atoms with Crippen molar-refractivity contribution in [1.29, 1.82) is 0 Å². The molecule has 1 aromatic carbocycles. The molecule has 0 spiro atoms. The van der Waals surface area contributed by atoms with E-state index in [1.165, 1.54) is 4.88 Å². The molecule has 0 fully saturated rings. The van der Waals surface area contributed by atoms with E-state index >= 15 is 0 Å².